The Morgan fingerprint density at radius 2 is 1.72 bits per heavy atom. The van der Waals surface area contributed by atoms with Crippen molar-refractivity contribution < 1.29 is 4.79 Å². The van der Waals surface area contributed by atoms with E-state index < -0.39 is 0 Å². The predicted molar refractivity (Wildman–Crippen MR) is 97.1 cm³/mol. The van der Waals surface area contributed by atoms with E-state index in [0.717, 1.165) is 36.7 Å². The van der Waals surface area contributed by atoms with Gasteiger partial charge in [-0.3, -0.25) is 4.79 Å². The molecule has 1 fully saturated rings. The first-order valence-electron chi connectivity index (χ1n) is 8.92. The molecule has 1 N–H and O–H groups in total. The van der Waals surface area contributed by atoms with Gasteiger partial charge in [0.05, 0.1) is 5.52 Å². The quantitative estimate of drug-likeness (QED) is 0.796. The molecule has 5 heteroatoms. The van der Waals surface area contributed by atoms with Crippen LogP contribution in [0.25, 0.3) is 11.0 Å². The maximum Gasteiger partial charge on any atom is 0.242 e. The van der Waals surface area contributed by atoms with Gasteiger partial charge in [-0.05, 0) is 49.3 Å². The fourth-order valence-electron chi connectivity index (χ4n) is 3.74. The molecule has 0 saturated heterocycles. The summed E-state index contributed by atoms with van der Waals surface area (Å²) in [4.78, 5) is 12.4. The zero-order valence-corrected chi connectivity index (χ0v) is 14.1. The van der Waals surface area contributed by atoms with Crippen LogP contribution in [0.3, 0.4) is 0 Å². The van der Waals surface area contributed by atoms with Gasteiger partial charge in [-0.2, -0.15) is 0 Å². The molecule has 1 saturated carbocycles. The smallest absolute Gasteiger partial charge is 0.242 e. The molecule has 0 bridgehead atoms. The first-order chi connectivity index (χ1) is 12.3. The van der Waals surface area contributed by atoms with E-state index in [0.29, 0.717) is 5.92 Å². The van der Waals surface area contributed by atoms with E-state index in [1.807, 2.05) is 24.3 Å². The van der Waals surface area contributed by atoms with Gasteiger partial charge in [0.15, 0.2) is 0 Å². The molecule has 2 aromatic carbocycles. The summed E-state index contributed by atoms with van der Waals surface area (Å²) in [6.07, 6.45) is 4.31. The fraction of sp³-hybridized carbons (Fsp3) is 0.350. The summed E-state index contributed by atoms with van der Waals surface area (Å²) in [6.45, 7) is 0.221. The van der Waals surface area contributed by atoms with E-state index in [1.54, 1.807) is 4.68 Å². The summed E-state index contributed by atoms with van der Waals surface area (Å²) in [5, 5.41) is 11.3. The molecule has 0 radical (unpaired) electrons. The molecule has 4 rings (SSSR count). The molecule has 25 heavy (non-hydrogen) atoms. The van der Waals surface area contributed by atoms with Crippen LogP contribution in [0.5, 0.6) is 0 Å². The Hall–Kier alpha value is -2.69. The number of hydrogen-bond donors (Lipinski definition) is 1. The molecule has 0 aliphatic heterocycles. The lowest BCUT2D eigenvalue weighted by atomic mass is 9.82. The summed E-state index contributed by atoms with van der Waals surface area (Å²) >= 11 is 0. The Morgan fingerprint density at radius 1 is 1.00 bits per heavy atom. The van der Waals surface area contributed by atoms with Crippen molar-refractivity contribution in [2.75, 3.05) is 0 Å². The topological polar surface area (TPSA) is 59.8 Å². The lowest BCUT2D eigenvalue weighted by Crippen LogP contribution is -2.39. The van der Waals surface area contributed by atoms with Crippen molar-refractivity contribution in [3.05, 3.63) is 60.2 Å². The zero-order valence-electron chi connectivity index (χ0n) is 14.1. The van der Waals surface area contributed by atoms with Gasteiger partial charge in [0.1, 0.15) is 12.1 Å². The van der Waals surface area contributed by atoms with Crippen molar-refractivity contribution in [1.29, 1.82) is 0 Å². The van der Waals surface area contributed by atoms with E-state index in [4.69, 9.17) is 0 Å². The minimum atomic E-state index is 0.0128. The van der Waals surface area contributed by atoms with Crippen LogP contribution in [0.2, 0.25) is 0 Å². The number of nitrogens with one attached hydrogen (secondary N) is 1. The number of carbonyl (C=O) groups is 1. The number of carbonyl (C=O) groups excluding carboxylic acids is 1. The average molecular weight is 334 g/mol. The van der Waals surface area contributed by atoms with Gasteiger partial charge in [0.2, 0.25) is 5.91 Å². The number of para-hydroxylation sites is 1. The highest BCUT2D eigenvalue weighted by Gasteiger charge is 2.23. The van der Waals surface area contributed by atoms with Crippen LogP contribution in [0, 0.1) is 0 Å². The Labute approximate surface area is 147 Å². The highest BCUT2D eigenvalue weighted by atomic mass is 16.2. The van der Waals surface area contributed by atoms with Crippen molar-refractivity contribution >= 4 is 16.9 Å². The van der Waals surface area contributed by atoms with Crippen molar-refractivity contribution in [3.8, 4) is 0 Å². The highest BCUT2D eigenvalue weighted by Crippen LogP contribution is 2.32. The number of benzene rings is 2. The van der Waals surface area contributed by atoms with E-state index in [2.05, 4.69) is 46.0 Å². The van der Waals surface area contributed by atoms with Crippen LogP contribution < -0.4 is 5.32 Å². The summed E-state index contributed by atoms with van der Waals surface area (Å²) in [6, 6.07) is 18.6. The monoisotopic (exact) mass is 334 g/mol. The summed E-state index contributed by atoms with van der Waals surface area (Å²) < 4.78 is 1.67. The Balaban J connectivity index is 1.32. The van der Waals surface area contributed by atoms with Gasteiger partial charge in [-0.15, -0.1) is 5.10 Å². The van der Waals surface area contributed by atoms with Gasteiger partial charge < -0.3 is 5.32 Å². The van der Waals surface area contributed by atoms with E-state index in [9.17, 15) is 4.79 Å². The third kappa shape index (κ3) is 3.55. The second-order valence-corrected chi connectivity index (χ2v) is 6.76. The lowest BCUT2D eigenvalue weighted by Gasteiger charge is -2.29. The average Bonchev–Trinajstić information content (AvgIpc) is 3.06. The maximum absolute atomic E-state index is 12.4. The number of aromatic nitrogens is 3. The lowest BCUT2D eigenvalue weighted by molar-refractivity contribution is -0.122. The molecule has 0 unspecified atom stereocenters. The molecule has 1 amide bonds. The Kier molecular flexibility index (Phi) is 4.46. The maximum atomic E-state index is 12.4. The first-order valence-corrected chi connectivity index (χ1v) is 8.92. The van der Waals surface area contributed by atoms with Gasteiger partial charge in [-0.25, -0.2) is 4.68 Å². The van der Waals surface area contributed by atoms with Gasteiger partial charge >= 0.3 is 0 Å². The molecule has 0 atom stereocenters. The SMILES string of the molecule is O=C(Cn1nnc2ccccc21)NC1CCC(c2ccccc2)CC1. The molecule has 1 aliphatic rings. The van der Waals surface area contributed by atoms with Crippen molar-refractivity contribution in [2.45, 2.75) is 44.2 Å². The van der Waals surface area contributed by atoms with Crippen molar-refractivity contribution in [1.82, 2.24) is 20.3 Å². The highest BCUT2D eigenvalue weighted by molar-refractivity contribution is 5.79. The molecule has 1 aromatic heterocycles. The number of nitrogens with zero attached hydrogens (tertiary/aromatic N) is 3. The minimum Gasteiger partial charge on any atom is -0.352 e. The van der Waals surface area contributed by atoms with E-state index >= 15 is 0 Å². The first kappa shape index (κ1) is 15.8. The molecule has 0 spiro atoms. The molecule has 3 aromatic rings. The third-order valence-corrected chi connectivity index (χ3v) is 5.08. The van der Waals surface area contributed by atoms with Crippen LogP contribution in [0.15, 0.2) is 54.6 Å². The van der Waals surface area contributed by atoms with E-state index in [-0.39, 0.29) is 18.5 Å². The molecular weight excluding hydrogens is 312 g/mol. The molecule has 1 aliphatic carbocycles. The molecular formula is C20H22N4O. The standard InChI is InChI=1S/C20H22N4O/c25-20(14-24-19-9-5-4-8-18(19)22-23-24)21-17-12-10-16(11-13-17)15-6-2-1-3-7-15/h1-9,16-17H,10-14H2,(H,21,25). The minimum absolute atomic E-state index is 0.0128. The molecule has 1 heterocycles. The Morgan fingerprint density at radius 3 is 2.52 bits per heavy atom. The summed E-state index contributed by atoms with van der Waals surface area (Å²) in [5.74, 6) is 0.632. The second kappa shape index (κ2) is 7.05. The fourth-order valence-corrected chi connectivity index (χ4v) is 3.74. The third-order valence-electron chi connectivity index (χ3n) is 5.08. The number of amides is 1. The zero-order chi connectivity index (χ0) is 17.1. The second-order valence-electron chi connectivity index (χ2n) is 6.76. The predicted octanol–water partition coefficient (Wildman–Crippen LogP) is 3.27. The normalized spacial score (nSPS) is 20.5. The van der Waals surface area contributed by atoms with Gasteiger partial charge in [-0.1, -0.05) is 47.7 Å². The van der Waals surface area contributed by atoms with Crippen LogP contribution in [-0.2, 0) is 11.3 Å². The number of hydrogen-bond acceptors (Lipinski definition) is 3. The Bertz CT molecular complexity index is 850. The van der Waals surface area contributed by atoms with Crippen molar-refractivity contribution in [2.24, 2.45) is 0 Å². The van der Waals surface area contributed by atoms with Crippen molar-refractivity contribution in [3.63, 3.8) is 0 Å². The van der Waals surface area contributed by atoms with Crippen LogP contribution in [-0.4, -0.2) is 26.9 Å². The van der Waals surface area contributed by atoms with Gasteiger partial charge in [0, 0.05) is 6.04 Å². The van der Waals surface area contributed by atoms with Crippen LogP contribution in [0.1, 0.15) is 37.2 Å². The van der Waals surface area contributed by atoms with E-state index in [1.165, 1.54) is 5.56 Å². The van der Waals surface area contributed by atoms with Crippen LogP contribution >= 0.6 is 0 Å². The van der Waals surface area contributed by atoms with Gasteiger partial charge in [0.25, 0.3) is 0 Å². The number of rotatable bonds is 4. The number of fused-ring (bicyclic) bond motifs is 1. The summed E-state index contributed by atoms with van der Waals surface area (Å²) in [7, 11) is 0. The molecule has 128 valence electrons. The molecule has 5 nitrogen and oxygen atoms in total. The summed E-state index contributed by atoms with van der Waals surface area (Å²) in [5.41, 5.74) is 3.13. The van der Waals surface area contributed by atoms with Crippen LogP contribution in [0.4, 0.5) is 0 Å². The largest absolute Gasteiger partial charge is 0.352 e.